The molecule has 6 heteroatoms. The first-order valence-corrected chi connectivity index (χ1v) is 5.62. The van der Waals surface area contributed by atoms with Crippen molar-refractivity contribution in [2.45, 2.75) is 6.92 Å². The molecule has 0 aliphatic heterocycles. The van der Waals surface area contributed by atoms with E-state index in [1.807, 2.05) is 19.1 Å². The van der Waals surface area contributed by atoms with Gasteiger partial charge < -0.3 is 0 Å². The highest BCUT2D eigenvalue weighted by molar-refractivity contribution is 5.98. The molecule has 96 valence electrons. The predicted molar refractivity (Wildman–Crippen MR) is 73.2 cm³/mol. The predicted octanol–water partition coefficient (Wildman–Crippen LogP) is 2.83. The van der Waals surface area contributed by atoms with Crippen molar-refractivity contribution in [1.82, 2.24) is 4.98 Å². The first-order valence-electron chi connectivity index (χ1n) is 5.62. The van der Waals surface area contributed by atoms with Gasteiger partial charge >= 0.3 is 0 Å². The van der Waals surface area contributed by atoms with Crippen LogP contribution in [0.5, 0.6) is 0 Å². The summed E-state index contributed by atoms with van der Waals surface area (Å²) in [5.74, 6) is 0. The van der Waals surface area contributed by atoms with Gasteiger partial charge in [-0.1, -0.05) is 6.07 Å². The number of hydrogen-bond acceptors (Lipinski definition) is 5. The van der Waals surface area contributed by atoms with E-state index in [0.29, 0.717) is 5.69 Å². The fourth-order valence-electron chi connectivity index (χ4n) is 1.50. The number of nitro benzene ring substituents is 1. The van der Waals surface area contributed by atoms with E-state index in [2.05, 4.69) is 15.5 Å². The van der Waals surface area contributed by atoms with E-state index in [-0.39, 0.29) is 5.69 Å². The minimum atomic E-state index is -0.440. The number of benzene rings is 1. The van der Waals surface area contributed by atoms with Crippen LogP contribution in [0, 0.1) is 10.1 Å². The second kappa shape index (κ2) is 5.72. The molecule has 0 amide bonds. The summed E-state index contributed by atoms with van der Waals surface area (Å²) in [6, 6.07) is 9.88. The number of pyridine rings is 1. The Kier molecular flexibility index (Phi) is 3.82. The molecule has 0 aliphatic carbocycles. The van der Waals surface area contributed by atoms with Crippen LogP contribution in [0.25, 0.3) is 0 Å². The number of nitrogens with zero attached hydrogens (tertiary/aromatic N) is 3. The highest BCUT2D eigenvalue weighted by Crippen LogP contribution is 2.17. The Morgan fingerprint density at radius 2 is 2.05 bits per heavy atom. The van der Waals surface area contributed by atoms with Gasteiger partial charge in [0.15, 0.2) is 0 Å². The summed E-state index contributed by atoms with van der Waals surface area (Å²) in [5, 5.41) is 14.8. The minimum absolute atomic E-state index is 0.0294. The average molecular weight is 256 g/mol. The monoisotopic (exact) mass is 256 g/mol. The fourth-order valence-corrected chi connectivity index (χ4v) is 1.50. The van der Waals surface area contributed by atoms with Gasteiger partial charge in [-0.2, -0.15) is 5.10 Å². The molecule has 0 saturated carbocycles. The van der Waals surface area contributed by atoms with Crippen molar-refractivity contribution < 1.29 is 4.92 Å². The Labute approximate surface area is 110 Å². The summed E-state index contributed by atoms with van der Waals surface area (Å²) in [6.07, 6.45) is 3.36. The van der Waals surface area contributed by atoms with Crippen molar-refractivity contribution in [3.8, 4) is 0 Å². The van der Waals surface area contributed by atoms with Crippen molar-refractivity contribution in [1.29, 1.82) is 0 Å². The number of nitro groups is 1. The molecule has 1 aromatic carbocycles. The van der Waals surface area contributed by atoms with Crippen molar-refractivity contribution in [3.05, 3.63) is 64.5 Å². The van der Waals surface area contributed by atoms with Gasteiger partial charge in [0, 0.05) is 30.1 Å². The standard InChI is InChI=1S/C13H12N4O2/c1-10(11-5-7-14-8-6-11)15-16-12-3-2-4-13(9-12)17(18)19/h2-9,16H,1H3. The van der Waals surface area contributed by atoms with Gasteiger partial charge in [0.25, 0.3) is 5.69 Å². The Hall–Kier alpha value is -2.76. The van der Waals surface area contributed by atoms with E-state index in [4.69, 9.17) is 0 Å². The van der Waals surface area contributed by atoms with Crippen LogP contribution in [0.4, 0.5) is 11.4 Å². The Balaban J connectivity index is 2.14. The first-order chi connectivity index (χ1) is 9.16. The van der Waals surface area contributed by atoms with E-state index in [1.165, 1.54) is 12.1 Å². The molecule has 1 N–H and O–H groups in total. The molecule has 2 aromatic rings. The van der Waals surface area contributed by atoms with Crippen LogP contribution in [-0.4, -0.2) is 15.6 Å². The van der Waals surface area contributed by atoms with Crippen LogP contribution in [0.2, 0.25) is 0 Å². The molecule has 1 heterocycles. The molecule has 0 bridgehead atoms. The number of hydrazone groups is 1. The number of rotatable bonds is 4. The van der Waals surface area contributed by atoms with E-state index in [0.717, 1.165) is 11.3 Å². The van der Waals surface area contributed by atoms with Gasteiger partial charge in [-0.3, -0.25) is 20.5 Å². The molecule has 6 nitrogen and oxygen atoms in total. The van der Waals surface area contributed by atoms with E-state index >= 15 is 0 Å². The number of hydrogen-bond donors (Lipinski definition) is 1. The van der Waals surface area contributed by atoms with Crippen molar-refractivity contribution in [2.75, 3.05) is 5.43 Å². The SMILES string of the molecule is CC(=NNc1cccc([N+](=O)[O-])c1)c1ccncc1. The maximum Gasteiger partial charge on any atom is 0.271 e. The lowest BCUT2D eigenvalue weighted by Crippen LogP contribution is -2.00. The maximum atomic E-state index is 10.6. The molecule has 2 rings (SSSR count). The normalized spacial score (nSPS) is 11.1. The molecule has 0 spiro atoms. The van der Waals surface area contributed by atoms with Gasteiger partial charge in [-0.15, -0.1) is 0 Å². The lowest BCUT2D eigenvalue weighted by molar-refractivity contribution is -0.384. The third-order valence-corrected chi connectivity index (χ3v) is 2.51. The van der Waals surface area contributed by atoms with Crippen LogP contribution >= 0.6 is 0 Å². The molecule has 0 saturated heterocycles. The Bertz CT molecular complexity index is 611. The number of non-ortho nitro benzene ring substituents is 1. The lowest BCUT2D eigenvalue weighted by atomic mass is 10.2. The number of aromatic nitrogens is 1. The maximum absolute atomic E-state index is 10.6. The van der Waals surface area contributed by atoms with Crippen molar-refractivity contribution in [2.24, 2.45) is 5.10 Å². The van der Waals surface area contributed by atoms with Crippen LogP contribution < -0.4 is 5.43 Å². The summed E-state index contributed by atoms with van der Waals surface area (Å²) >= 11 is 0. The highest BCUT2D eigenvalue weighted by Gasteiger charge is 2.04. The molecular formula is C13H12N4O2. The molecule has 0 fully saturated rings. The summed E-state index contributed by atoms with van der Waals surface area (Å²) in [7, 11) is 0. The highest BCUT2D eigenvalue weighted by atomic mass is 16.6. The van der Waals surface area contributed by atoms with Crippen LogP contribution in [0.1, 0.15) is 12.5 Å². The van der Waals surface area contributed by atoms with Crippen LogP contribution in [0.15, 0.2) is 53.9 Å². The topological polar surface area (TPSA) is 80.4 Å². The van der Waals surface area contributed by atoms with Gasteiger partial charge in [-0.05, 0) is 25.1 Å². The molecular weight excluding hydrogens is 244 g/mol. The summed E-state index contributed by atoms with van der Waals surface area (Å²) in [4.78, 5) is 14.1. The third-order valence-electron chi connectivity index (χ3n) is 2.51. The summed E-state index contributed by atoms with van der Waals surface area (Å²) in [5.41, 5.74) is 5.11. The molecule has 0 radical (unpaired) electrons. The zero-order chi connectivity index (χ0) is 13.7. The molecule has 0 aliphatic rings. The summed E-state index contributed by atoms with van der Waals surface area (Å²) < 4.78 is 0. The first kappa shape index (κ1) is 12.7. The van der Waals surface area contributed by atoms with Gasteiger partial charge in [0.1, 0.15) is 0 Å². The largest absolute Gasteiger partial charge is 0.278 e. The van der Waals surface area contributed by atoms with Crippen molar-refractivity contribution in [3.63, 3.8) is 0 Å². The smallest absolute Gasteiger partial charge is 0.271 e. The van der Waals surface area contributed by atoms with Crippen molar-refractivity contribution >= 4 is 17.1 Å². The molecule has 1 aromatic heterocycles. The quantitative estimate of drug-likeness (QED) is 0.518. The Morgan fingerprint density at radius 1 is 1.32 bits per heavy atom. The van der Waals surface area contributed by atoms with Gasteiger partial charge in [-0.25, -0.2) is 0 Å². The lowest BCUT2D eigenvalue weighted by Gasteiger charge is -2.03. The van der Waals surface area contributed by atoms with E-state index in [1.54, 1.807) is 24.5 Å². The second-order valence-corrected chi connectivity index (χ2v) is 3.85. The Morgan fingerprint density at radius 3 is 2.74 bits per heavy atom. The molecule has 0 atom stereocenters. The third kappa shape index (κ3) is 3.35. The van der Waals surface area contributed by atoms with Crippen LogP contribution in [-0.2, 0) is 0 Å². The van der Waals surface area contributed by atoms with Crippen LogP contribution in [0.3, 0.4) is 0 Å². The number of nitrogens with one attached hydrogen (secondary N) is 1. The second-order valence-electron chi connectivity index (χ2n) is 3.85. The number of anilines is 1. The summed E-state index contributed by atoms with van der Waals surface area (Å²) in [6.45, 7) is 1.85. The van der Waals surface area contributed by atoms with E-state index < -0.39 is 4.92 Å². The fraction of sp³-hybridized carbons (Fsp3) is 0.0769. The zero-order valence-electron chi connectivity index (χ0n) is 10.3. The zero-order valence-corrected chi connectivity index (χ0v) is 10.3. The van der Waals surface area contributed by atoms with E-state index in [9.17, 15) is 10.1 Å². The minimum Gasteiger partial charge on any atom is -0.278 e. The van der Waals surface area contributed by atoms with Gasteiger partial charge in [0.05, 0.1) is 16.3 Å². The molecule has 19 heavy (non-hydrogen) atoms. The van der Waals surface area contributed by atoms with Gasteiger partial charge in [0.2, 0.25) is 0 Å². The average Bonchev–Trinajstić information content (AvgIpc) is 2.46. The molecule has 0 unspecified atom stereocenters.